The molecule has 0 aliphatic carbocycles. The second kappa shape index (κ2) is 6.00. The molecule has 2 rings (SSSR count). The van der Waals surface area contributed by atoms with Gasteiger partial charge in [-0.15, -0.1) is 23.7 Å². The minimum atomic E-state index is -0.246. The van der Waals surface area contributed by atoms with Gasteiger partial charge < -0.3 is 5.01 Å². The maximum absolute atomic E-state index is 12.7. The number of hydrogen-bond donors (Lipinski definition) is 1. The normalized spacial score (nSPS) is 9.82. The van der Waals surface area contributed by atoms with Crippen LogP contribution in [0.1, 0.15) is 10.4 Å². The molecule has 0 unspecified atom stereocenters. The summed E-state index contributed by atoms with van der Waals surface area (Å²) in [5.41, 5.74) is 2.06. The summed E-state index contributed by atoms with van der Waals surface area (Å²) in [5, 5.41) is 3.71. The molecule has 0 aliphatic rings. The minimum absolute atomic E-state index is 0. The van der Waals surface area contributed by atoms with E-state index < -0.39 is 0 Å². The van der Waals surface area contributed by atoms with Crippen molar-refractivity contribution in [1.29, 1.82) is 0 Å². The van der Waals surface area contributed by atoms with Gasteiger partial charge in [0.2, 0.25) is 0 Å². The topological polar surface area (TPSA) is 29.3 Å². The summed E-state index contributed by atoms with van der Waals surface area (Å²) in [4.78, 5) is 1.20. The van der Waals surface area contributed by atoms with E-state index in [1.165, 1.54) is 22.6 Å². The Morgan fingerprint density at radius 3 is 2.47 bits per heavy atom. The Kier molecular flexibility index (Phi) is 4.93. The van der Waals surface area contributed by atoms with Crippen molar-refractivity contribution in [1.82, 2.24) is 0 Å². The molecule has 0 radical (unpaired) electrons. The third kappa shape index (κ3) is 3.70. The SMILES string of the molecule is Cc1csc(CN(N)c2ccc(F)cc2)c1.Cl. The summed E-state index contributed by atoms with van der Waals surface area (Å²) in [6, 6.07) is 8.28. The molecule has 1 aromatic carbocycles. The lowest BCUT2D eigenvalue weighted by Gasteiger charge is -2.17. The number of hydrazine groups is 1. The van der Waals surface area contributed by atoms with E-state index in [9.17, 15) is 4.39 Å². The molecule has 2 N–H and O–H groups in total. The minimum Gasteiger partial charge on any atom is -0.306 e. The Hall–Kier alpha value is -1.10. The van der Waals surface area contributed by atoms with Crippen LogP contribution < -0.4 is 10.9 Å². The van der Waals surface area contributed by atoms with Gasteiger partial charge in [0.1, 0.15) is 5.82 Å². The fraction of sp³-hybridized carbons (Fsp3) is 0.167. The zero-order valence-electron chi connectivity index (χ0n) is 9.39. The van der Waals surface area contributed by atoms with E-state index >= 15 is 0 Å². The fourth-order valence-corrected chi connectivity index (χ4v) is 2.34. The predicted octanol–water partition coefficient (Wildman–Crippen LogP) is 3.50. The van der Waals surface area contributed by atoms with Crippen LogP contribution in [0.2, 0.25) is 0 Å². The summed E-state index contributed by atoms with van der Waals surface area (Å²) < 4.78 is 12.7. The largest absolute Gasteiger partial charge is 0.306 e. The van der Waals surface area contributed by atoms with Crippen LogP contribution in [0.25, 0.3) is 0 Å². The molecule has 0 aliphatic heterocycles. The number of rotatable bonds is 3. The molecule has 5 heteroatoms. The first-order chi connectivity index (χ1) is 7.65. The van der Waals surface area contributed by atoms with E-state index in [1.54, 1.807) is 28.5 Å². The third-order valence-electron chi connectivity index (χ3n) is 2.27. The molecule has 0 fully saturated rings. The molecule has 2 nitrogen and oxygen atoms in total. The van der Waals surface area contributed by atoms with E-state index in [4.69, 9.17) is 5.84 Å². The average Bonchev–Trinajstić information content (AvgIpc) is 2.65. The fourth-order valence-electron chi connectivity index (χ4n) is 1.47. The molecule has 17 heavy (non-hydrogen) atoms. The van der Waals surface area contributed by atoms with E-state index in [-0.39, 0.29) is 18.2 Å². The van der Waals surface area contributed by atoms with Gasteiger partial charge in [-0.3, -0.25) is 0 Å². The molecule has 1 heterocycles. The number of halogens is 2. The molecule has 92 valence electrons. The Morgan fingerprint density at radius 1 is 1.29 bits per heavy atom. The maximum atomic E-state index is 12.7. The molecule has 0 spiro atoms. The number of nitrogens with zero attached hydrogens (tertiary/aromatic N) is 1. The third-order valence-corrected chi connectivity index (χ3v) is 3.31. The summed E-state index contributed by atoms with van der Waals surface area (Å²) in [5.74, 6) is 5.66. The van der Waals surface area contributed by atoms with Crippen molar-refractivity contribution in [2.24, 2.45) is 5.84 Å². The number of benzene rings is 1. The molecule has 2 aromatic rings. The number of nitrogens with two attached hydrogens (primary N) is 1. The van der Waals surface area contributed by atoms with Crippen molar-refractivity contribution in [3.63, 3.8) is 0 Å². The standard InChI is InChI=1S/C12H13FN2S.ClH/c1-9-6-12(16-8-9)7-15(14)11-4-2-10(13)3-5-11;/h2-6,8H,7,14H2,1H3;1H. The Morgan fingerprint density at radius 2 is 1.94 bits per heavy atom. The Labute approximate surface area is 110 Å². The lowest BCUT2D eigenvalue weighted by atomic mass is 10.3. The number of anilines is 1. The van der Waals surface area contributed by atoms with Gasteiger partial charge in [0, 0.05) is 4.88 Å². The van der Waals surface area contributed by atoms with Gasteiger partial charge in [-0.25, -0.2) is 10.2 Å². The molecule has 0 amide bonds. The van der Waals surface area contributed by atoms with Crippen molar-refractivity contribution in [3.8, 4) is 0 Å². The van der Waals surface area contributed by atoms with Gasteiger partial charge in [0.05, 0.1) is 12.2 Å². The second-order valence-corrected chi connectivity index (χ2v) is 4.69. The maximum Gasteiger partial charge on any atom is 0.123 e. The smallest absolute Gasteiger partial charge is 0.123 e. The molecule has 0 bridgehead atoms. The van der Waals surface area contributed by atoms with Crippen LogP contribution in [0.5, 0.6) is 0 Å². The number of hydrogen-bond acceptors (Lipinski definition) is 3. The van der Waals surface area contributed by atoms with E-state index in [0.717, 1.165) is 5.69 Å². The van der Waals surface area contributed by atoms with Crippen molar-refractivity contribution < 1.29 is 4.39 Å². The Bertz CT molecular complexity index is 470. The van der Waals surface area contributed by atoms with Crippen molar-refractivity contribution in [2.45, 2.75) is 13.5 Å². The van der Waals surface area contributed by atoms with Crippen LogP contribution in [0, 0.1) is 12.7 Å². The summed E-state index contributed by atoms with van der Waals surface area (Å²) in [7, 11) is 0. The Balaban J connectivity index is 0.00000144. The molecule has 0 saturated heterocycles. The molecule has 1 aromatic heterocycles. The first-order valence-corrected chi connectivity index (χ1v) is 5.85. The van der Waals surface area contributed by atoms with Crippen molar-refractivity contribution in [2.75, 3.05) is 5.01 Å². The van der Waals surface area contributed by atoms with E-state index in [0.29, 0.717) is 6.54 Å². The van der Waals surface area contributed by atoms with Gasteiger partial charge >= 0.3 is 0 Å². The highest BCUT2D eigenvalue weighted by atomic mass is 35.5. The van der Waals surface area contributed by atoms with Gasteiger partial charge in [-0.1, -0.05) is 0 Å². The quantitative estimate of drug-likeness (QED) is 0.684. The summed E-state index contributed by atoms with van der Waals surface area (Å²) >= 11 is 1.68. The van der Waals surface area contributed by atoms with Crippen LogP contribution in [0.15, 0.2) is 35.7 Å². The lowest BCUT2D eigenvalue weighted by molar-refractivity contribution is 0.627. The monoisotopic (exact) mass is 272 g/mol. The first-order valence-electron chi connectivity index (χ1n) is 4.97. The highest BCUT2D eigenvalue weighted by molar-refractivity contribution is 7.10. The average molecular weight is 273 g/mol. The predicted molar refractivity (Wildman–Crippen MR) is 73.1 cm³/mol. The highest BCUT2D eigenvalue weighted by Gasteiger charge is 2.04. The molecular weight excluding hydrogens is 259 g/mol. The van der Waals surface area contributed by atoms with Crippen LogP contribution in [-0.2, 0) is 6.54 Å². The molecule has 0 saturated carbocycles. The summed E-state index contributed by atoms with van der Waals surface area (Å²) in [6.45, 7) is 2.70. The van der Waals surface area contributed by atoms with Gasteiger partial charge in [-0.05, 0) is 48.2 Å². The van der Waals surface area contributed by atoms with Gasteiger partial charge in [-0.2, -0.15) is 0 Å². The number of thiophene rings is 1. The van der Waals surface area contributed by atoms with E-state index in [1.807, 2.05) is 0 Å². The van der Waals surface area contributed by atoms with Crippen LogP contribution in [0.4, 0.5) is 10.1 Å². The van der Waals surface area contributed by atoms with E-state index in [2.05, 4.69) is 18.4 Å². The molecular formula is C12H14ClFN2S. The highest BCUT2D eigenvalue weighted by Crippen LogP contribution is 2.18. The van der Waals surface area contributed by atoms with Crippen LogP contribution in [-0.4, -0.2) is 0 Å². The number of aryl methyl sites for hydroxylation is 1. The zero-order chi connectivity index (χ0) is 11.5. The van der Waals surface area contributed by atoms with Crippen molar-refractivity contribution in [3.05, 3.63) is 52.0 Å². The van der Waals surface area contributed by atoms with Crippen LogP contribution in [0.3, 0.4) is 0 Å². The lowest BCUT2D eigenvalue weighted by Crippen LogP contribution is -2.29. The van der Waals surface area contributed by atoms with Gasteiger partial charge in [0.25, 0.3) is 0 Å². The van der Waals surface area contributed by atoms with Gasteiger partial charge in [0.15, 0.2) is 0 Å². The van der Waals surface area contributed by atoms with Crippen molar-refractivity contribution >= 4 is 29.4 Å². The second-order valence-electron chi connectivity index (χ2n) is 3.69. The van der Waals surface area contributed by atoms with Crippen LogP contribution >= 0.6 is 23.7 Å². The summed E-state index contributed by atoms with van der Waals surface area (Å²) in [6.07, 6.45) is 0. The molecule has 0 atom stereocenters. The first kappa shape index (κ1) is 14.0. The zero-order valence-corrected chi connectivity index (χ0v) is 11.0.